The molecule has 0 saturated heterocycles. The van der Waals surface area contributed by atoms with Crippen LogP contribution in [0.3, 0.4) is 0 Å². The number of hydrogen-bond acceptors (Lipinski definition) is 2. The molecule has 1 heterocycles. The topological polar surface area (TPSA) is 20.2 Å². The van der Waals surface area contributed by atoms with Gasteiger partial charge in [0, 0.05) is 10.6 Å². The smallest absolute Gasteiger partial charge is 0.113 e. The van der Waals surface area contributed by atoms with Gasteiger partial charge in [0.05, 0.1) is 6.10 Å². The van der Waals surface area contributed by atoms with Crippen molar-refractivity contribution in [2.24, 2.45) is 0 Å². The van der Waals surface area contributed by atoms with Crippen LogP contribution >= 0.6 is 11.8 Å². The summed E-state index contributed by atoms with van der Waals surface area (Å²) < 4.78 is 0. The first-order valence-electron chi connectivity index (χ1n) is 3.47. The highest BCUT2D eigenvalue weighted by molar-refractivity contribution is 7.99. The van der Waals surface area contributed by atoms with Crippen molar-refractivity contribution in [1.29, 1.82) is 0 Å². The van der Waals surface area contributed by atoms with E-state index in [0.717, 1.165) is 21.7 Å². The largest absolute Gasteiger partial charge is 0.387 e. The second-order valence-electron chi connectivity index (χ2n) is 2.62. The lowest BCUT2D eigenvalue weighted by Gasteiger charge is -2.02. The molecule has 11 heavy (non-hydrogen) atoms. The number of benzene rings is 1. The Labute approximate surface area is 71.2 Å². The van der Waals surface area contributed by atoms with Crippen molar-refractivity contribution < 1.29 is 5.11 Å². The standard InChI is InChI=1S/C8H7BOS/c9-5-1-2-8-6(3-5)7(10)4-11-8/h1-3,7,10H,4H2. The Morgan fingerprint density at radius 3 is 3.18 bits per heavy atom. The zero-order chi connectivity index (χ0) is 7.84. The molecule has 2 rings (SSSR count). The molecule has 0 aliphatic carbocycles. The van der Waals surface area contributed by atoms with Gasteiger partial charge >= 0.3 is 0 Å². The molecular formula is C8H7BOS. The SMILES string of the molecule is [B]c1ccc2c(c1)C(O)CS2. The van der Waals surface area contributed by atoms with E-state index in [1.165, 1.54) is 0 Å². The minimum Gasteiger partial charge on any atom is -0.387 e. The fourth-order valence-corrected chi connectivity index (χ4v) is 2.26. The Morgan fingerprint density at radius 1 is 1.55 bits per heavy atom. The summed E-state index contributed by atoms with van der Waals surface area (Å²) in [6.07, 6.45) is -0.321. The molecular weight excluding hydrogens is 155 g/mol. The second-order valence-corrected chi connectivity index (χ2v) is 3.69. The molecule has 1 aromatic carbocycles. The fraction of sp³-hybridized carbons (Fsp3) is 0.250. The minimum absolute atomic E-state index is 0.321. The zero-order valence-corrected chi connectivity index (χ0v) is 6.77. The van der Waals surface area contributed by atoms with Crippen molar-refractivity contribution in [1.82, 2.24) is 0 Å². The summed E-state index contributed by atoms with van der Waals surface area (Å²) in [7, 11) is 5.57. The quantitative estimate of drug-likeness (QED) is 0.564. The molecule has 2 radical (unpaired) electrons. The van der Waals surface area contributed by atoms with Crippen LogP contribution in [0.25, 0.3) is 0 Å². The van der Waals surface area contributed by atoms with Gasteiger partial charge in [0.2, 0.25) is 0 Å². The van der Waals surface area contributed by atoms with E-state index in [1.54, 1.807) is 11.8 Å². The maximum absolute atomic E-state index is 9.43. The molecule has 1 unspecified atom stereocenters. The molecule has 0 fully saturated rings. The van der Waals surface area contributed by atoms with Crippen LogP contribution in [0.2, 0.25) is 0 Å². The molecule has 54 valence electrons. The number of thioether (sulfide) groups is 1. The van der Waals surface area contributed by atoms with E-state index in [9.17, 15) is 5.11 Å². The molecule has 1 atom stereocenters. The van der Waals surface area contributed by atoms with E-state index in [-0.39, 0.29) is 6.10 Å². The average molecular weight is 162 g/mol. The normalized spacial score (nSPS) is 21.7. The summed E-state index contributed by atoms with van der Waals surface area (Å²) in [5.74, 6) is 0.763. The van der Waals surface area contributed by atoms with Crippen molar-refractivity contribution >= 4 is 25.1 Å². The first-order valence-corrected chi connectivity index (χ1v) is 4.46. The van der Waals surface area contributed by atoms with Crippen LogP contribution in [-0.4, -0.2) is 18.7 Å². The molecule has 1 nitrogen and oxygen atoms in total. The predicted octanol–water partition coefficient (Wildman–Crippen LogP) is 0.619. The first-order chi connectivity index (χ1) is 5.27. The van der Waals surface area contributed by atoms with Crippen LogP contribution in [0.4, 0.5) is 0 Å². The highest BCUT2D eigenvalue weighted by Crippen LogP contribution is 2.36. The number of hydrogen-bond donors (Lipinski definition) is 1. The Bertz CT molecular complexity index is 287. The van der Waals surface area contributed by atoms with E-state index < -0.39 is 0 Å². The van der Waals surface area contributed by atoms with E-state index in [2.05, 4.69) is 0 Å². The van der Waals surface area contributed by atoms with Crippen molar-refractivity contribution in [3.8, 4) is 0 Å². The van der Waals surface area contributed by atoms with Crippen LogP contribution in [-0.2, 0) is 0 Å². The molecule has 0 bridgehead atoms. The van der Waals surface area contributed by atoms with Crippen LogP contribution in [0.5, 0.6) is 0 Å². The second kappa shape index (κ2) is 2.57. The van der Waals surface area contributed by atoms with Gasteiger partial charge in [-0.1, -0.05) is 17.6 Å². The Morgan fingerprint density at radius 2 is 2.36 bits per heavy atom. The molecule has 1 N–H and O–H groups in total. The van der Waals surface area contributed by atoms with Crippen molar-refractivity contribution in [3.63, 3.8) is 0 Å². The number of fused-ring (bicyclic) bond motifs is 1. The maximum Gasteiger partial charge on any atom is 0.113 e. The molecule has 0 spiro atoms. The third kappa shape index (κ3) is 1.19. The summed E-state index contributed by atoms with van der Waals surface area (Å²) in [5.41, 5.74) is 1.71. The average Bonchev–Trinajstić information content (AvgIpc) is 2.33. The highest BCUT2D eigenvalue weighted by Gasteiger charge is 2.19. The van der Waals surface area contributed by atoms with Crippen LogP contribution < -0.4 is 5.46 Å². The van der Waals surface area contributed by atoms with Gasteiger partial charge in [-0.05, 0) is 11.6 Å². The van der Waals surface area contributed by atoms with Gasteiger partial charge in [-0.2, -0.15) is 0 Å². The van der Waals surface area contributed by atoms with E-state index >= 15 is 0 Å². The molecule has 0 saturated carbocycles. The predicted molar refractivity (Wildman–Crippen MR) is 47.5 cm³/mol. The fourth-order valence-electron chi connectivity index (χ4n) is 1.22. The lowest BCUT2D eigenvalue weighted by molar-refractivity contribution is 0.205. The number of rotatable bonds is 0. The third-order valence-electron chi connectivity index (χ3n) is 1.79. The summed E-state index contributed by atoms with van der Waals surface area (Å²) >= 11 is 1.68. The number of aliphatic hydroxyl groups is 1. The molecule has 1 aliphatic heterocycles. The Hall–Kier alpha value is -0.405. The van der Waals surface area contributed by atoms with Crippen molar-refractivity contribution in [2.45, 2.75) is 11.0 Å². The molecule has 0 amide bonds. The summed E-state index contributed by atoms with van der Waals surface area (Å²) in [6, 6.07) is 5.68. The van der Waals surface area contributed by atoms with Gasteiger partial charge in [-0.3, -0.25) is 0 Å². The van der Waals surface area contributed by atoms with Crippen LogP contribution in [0.15, 0.2) is 23.1 Å². The minimum atomic E-state index is -0.321. The van der Waals surface area contributed by atoms with Crippen LogP contribution in [0, 0.1) is 0 Å². The molecule has 1 aromatic rings. The van der Waals surface area contributed by atoms with E-state index in [0.29, 0.717) is 0 Å². The molecule has 3 heteroatoms. The van der Waals surface area contributed by atoms with Gasteiger partial charge in [0.1, 0.15) is 7.85 Å². The van der Waals surface area contributed by atoms with Gasteiger partial charge in [-0.15, -0.1) is 11.8 Å². The summed E-state index contributed by atoms with van der Waals surface area (Å²) in [6.45, 7) is 0. The number of aliphatic hydroxyl groups excluding tert-OH is 1. The lowest BCUT2D eigenvalue weighted by atomic mass is 9.93. The third-order valence-corrected chi connectivity index (χ3v) is 2.95. The van der Waals surface area contributed by atoms with E-state index in [4.69, 9.17) is 7.85 Å². The highest BCUT2D eigenvalue weighted by atomic mass is 32.2. The Kier molecular flexibility index (Phi) is 1.70. The van der Waals surface area contributed by atoms with Crippen molar-refractivity contribution in [2.75, 3.05) is 5.75 Å². The monoisotopic (exact) mass is 162 g/mol. The van der Waals surface area contributed by atoms with Crippen LogP contribution in [0.1, 0.15) is 11.7 Å². The van der Waals surface area contributed by atoms with E-state index in [1.807, 2.05) is 18.2 Å². The van der Waals surface area contributed by atoms with Crippen molar-refractivity contribution in [3.05, 3.63) is 23.8 Å². The first kappa shape index (κ1) is 7.26. The summed E-state index contributed by atoms with van der Waals surface area (Å²) in [4.78, 5) is 1.16. The van der Waals surface area contributed by atoms with Gasteiger partial charge in [0.15, 0.2) is 0 Å². The molecule has 1 aliphatic rings. The Balaban J connectivity index is 2.52. The lowest BCUT2D eigenvalue weighted by Crippen LogP contribution is -2.04. The molecule has 0 aromatic heterocycles. The zero-order valence-electron chi connectivity index (χ0n) is 5.95. The maximum atomic E-state index is 9.43. The van der Waals surface area contributed by atoms with Gasteiger partial charge in [-0.25, -0.2) is 0 Å². The van der Waals surface area contributed by atoms with Gasteiger partial charge < -0.3 is 5.11 Å². The van der Waals surface area contributed by atoms with Gasteiger partial charge in [0.25, 0.3) is 0 Å². The summed E-state index contributed by atoms with van der Waals surface area (Å²) in [5, 5.41) is 9.43.